The van der Waals surface area contributed by atoms with Gasteiger partial charge >= 0.3 is 5.97 Å². The monoisotopic (exact) mass is 391 g/mol. The average Bonchev–Trinajstić information content (AvgIpc) is 2.70. The third-order valence-electron chi connectivity index (χ3n) is 5.31. The molecule has 0 aliphatic heterocycles. The van der Waals surface area contributed by atoms with E-state index in [1.807, 2.05) is 6.92 Å². The summed E-state index contributed by atoms with van der Waals surface area (Å²) in [7, 11) is 1.33. The molecule has 1 fully saturated rings. The molecule has 6 heteroatoms. The summed E-state index contributed by atoms with van der Waals surface area (Å²) in [6.45, 7) is 7.19. The molecule has 1 amide bonds. The molecule has 0 atom stereocenters. The minimum absolute atomic E-state index is 0.156. The summed E-state index contributed by atoms with van der Waals surface area (Å²) in [6.07, 6.45) is 5.23. The first kappa shape index (κ1) is 22.2. The van der Waals surface area contributed by atoms with Crippen molar-refractivity contribution in [1.82, 2.24) is 0 Å². The lowest BCUT2D eigenvalue weighted by atomic mass is 9.78. The number of amides is 1. The molecule has 0 aromatic heterocycles. The molecule has 1 aromatic rings. The van der Waals surface area contributed by atoms with Gasteiger partial charge in [-0.2, -0.15) is 0 Å². The van der Waals surface area contributed by atoms with Gasteiger partial charge in [-0.15, -0.1) is 0 Å². The van der Waals surface area contributed by atoms with Crippen LogP contribution in [0.3, 0.4) is 0 Å². The van der Waals surface area contributed by atoms with Gasteiger partial charge in [0.2, 0.25) is 0 Å². The third-order valence-corrected chi connectivity index (χ3v) is 5.31. The Hall–Kier alpha value is -2.08. The molecule has 0 radical (unpaired) electrons. The van der Waals surface area contributed by atoms with E-state index in [1.165, 1.54) is 7.11 Å². The number of hydrogen-bond acceptors (Lipinski definition) is 5. The number of methoxy groups -OCH3 is 1. The Balaban J connectivity index is 2.19. The number of carbonyl (C=O) groups is 2. The Labute approximate surface area is 167 Å². The molecule has 1 saturated carbocycles. The number of anilines is 1. The summed E-state index contributed by atoms with van der Waals surface area (Å²) >= 11 is 0. The Kier molecular flexibility index (Phi) is 8.30. The Morgan fingerprint density at radius 1 is 1.21 bits per heavy atom. The second kappa shape index (κ2) is 10.5. The molecule has 1 aliphatic rings. The van der Waals surface area contributed by atoms with Crippen molar-refractivity contribution in [3.8, 4) is 5.75 Å². The Morgan fingerprint density at radius 2 is 1.93 bits per heavy atom. The van der Waals surface area contributed by atoms with E-state index in [1.54, 1.807) is 18.2 Å². The smallest absolute Gasteiger partial charge is 0.341 e. The SMILES string of the molecule is CCCCOc1ccc(NC(=O)C2(OCC)CCC(C)CC2)cc1C(=O)OC. The van der Waals surface area contributed by atoms with E-state index < -0.39 is 11.6 Å². The second-order valence-electron chi connectivity index (χ2n) is 7.47. The van der Waals surface area contributed by atoms with Crippen LogP contribution in [0.5, 0.6) is 5.75 Å². The first-order valence-electron chi connectivity index (χ1n) is 10.3. The molecule has 156 valence electrons. The predicted molar refractivity (Wildman–Crippen MR) is 109 cm³/mol. The largest absolute Gasteiger partial charge is 0.493 e. The molecular weight excluding hydrogens is 358 g/mol. The van der Waals surface area contributed by atoms with Gasteiger partial charge in [-0.25, -0.2) is 4.79 Å². The highest BCUT2D eigenvalue weighted by Gasteiger charge is 2.42. The van der Waals surface area contributed by atoms with Crippen LogP contribution in [0, 0.1) is 5.92 Å². The summed E-state index contributed by atoms with van der Waals surface area (Å²) in [5, 5.41) is 2.94. The molecule has 1 N–H and O–H groups in total. The van der Waals surface area contributed by atoms with Gasteiger partial charge in [0, 0.05) is 12.3 Å². The van der Waals surface area contributed by atoms with E-state index in [9.17, 15) is 9.59 Å². The van der Waals surface area contributed by atoms with E-state index in [0.29, 0.717) is 49.0 Å². The molecule has 0 spiro atoms. The zero-order valence-corrected chi connectivity index (χ0v) is 17.5. The highest BCUT2D eigenvalue weighted by Crippen LogP contribution is 2.36. The van der Waals surface area contributed by atoms with Gasteiger partial charge in [-0.05, 0) is 63.1 Å². The lowest BCUT2D eigenvalue weighted by Gasteiger charge is -2.37. The number of hydrogen-bond donors (Lipinski definition) is 1. The average molecular weight is 392 g/mol. The molecule has 0 bridgehead atoms. The molecular formula is C22H33NO5. The maximum Gasteiger partial charge on any atom is 0.341 e. The third kappa shape index (κ3) is 5.47. The fourth-order valence-electron chi connectivity index (χ4n) is 3.52. The maximum absolute atomic E-state index is 13.0. The van der Waals surface area contributed by atoms with Crippen molar-refractivity contribution in [2.24, 2.45) is 5.92 Å². The normalized spacial score (nSPS) is 21.8. The second-order valence-corrected chi connectivity index (χ2v) is 7.47. The van der Waals surface area contributed by atoms with Gasteiger partial charge in [-0.1, -0.05) is 20.3 Å². The molecule has 6 nitrogen and oxygen atoms in total. The number of nitrogens with one attached hydrogen (secondary N) is 1. The summed E-state index contributed by atoms with van der Waals surface area (Å²) in [4.78, 5) is 25.2. The Morgan fingerprint density at radius 3 is 2.54 bits per heavy atom. The van der Waals surface area contributed by atoms with Crippen molar-refractivity contribution in [2.45, 2.75) is 64.9 Å². The van der Waals surface area contributed by atoms with Gasteiger partial charge in [0.1, 0.15) is 16.9 Å². The molecule has 1 aliphatic carbocycles. The Bertz CT molecular complexity index is 665. The van der Waals surface area contributed by atoms with E-state index in [0.717, 1.165) is 25.7 Å². The molecule has 0 saturated heterocycles. The van der Waals surface area contributed by atoms with E-state index in [2.05, 4.69) is 19.2 Å². The lowest BCUT2D eigenvalue weighted by molar-refractivity contribution is -0.146. The molecule has 0 unspecified atom stereocenters. The first-order chi connectivity index (χ1) is 13.5. The number of carbonyl (C=O) groups excluding carboxylic acids is 2. The van der Waals surface area contributed by atoms with Crippen LogP contribution >= 0.6 is 0 Å². The van der Waals surface area contributed by atoms with Gasteiger partial charge in [0.25, 0.3) is 5.91 Å². The van der Waals surface area contributed by atoms with Crippen molar-refractivity contribution in [3.05, 3.63) is 23.8 Å². The van der Waals surface area contributed by atoms with Gasteiger partial charge in [0.15, 0.2) is 0 Å². The zero-order chi connectivity index (χ0) is 20.6. The lowest BCUT2D eigenvalue weighted by Crippen LogP contribution is -2.48. The number of benzene rings is 1. The summed E-state index contributed by atoms with van der Waals surface area (Å²) < 4.78 is 16.5. The van der Waals surface area contributed by atoms with Gasteiger partial charge in [-0.3, -0.25) is 4.79 Å². The maximum atomic E-state index is 13.0. The highest BCUT2D eigenvalue weighted by atomic mass is 16.5. The molecule has 1 aromatic carbocycles. The van der Waals surface area contributed by atoms with E-state index in [-0.39, 0.29) is 5.91 Å². The standard InChI is InChI=1S/C22H33NO5/c1-5-7-14-27-19-9-8-17(15-18(19)20(24)26-4)23-21(25)22(28-6-2)12-10-16(3)11-13-22/h8-9,15-16H,5-7,10-14H2,1-4H3,(H,23,25). The van der Waals surface area contributed by atoms with E-state index >= 15 is 0 Å². The molecule has 28 heavy (non-hydrogen) atoms. The fourth-order valence-corrected chi connectivity index (χ4v) is 3.52. The molecule has 0 heterocycles. The number of unbranched alkanes of at least 4 members (excludes halogenated alkanes) is 1. The summed E-state index contributed by atoms with van der Waals surface area (Å²) in [5.41, 5.74) is 0.0354. The van der Waals surface area contributed by atoms with Crippen LogP contribution in [0.2, 0.25) is 0 Å². The summed E-state index contributed by atoms with van der Waals surface area (Å²) in [6, 6.07) is 5.06. The van der Waals surface area contributed by atoms with Crippen LogP contribution in [-0.2, 0) is 14.3 Å². The highest BCUT2D eigenvalue weighted by molar-refractivity contribution is 5.99. The first-order valence-corrected chi connectivity index (χ1v) is 10.3. The predicted octanol–water partition coefficient (Wildman–Crippen LogP) is 4.58. The van der Waals surface area contributed by atoms with Crippen LogP contribution < -0.4 is 10.1 Å². The van der Waals surface area contributed by atoms with Crippen molar-refractivity contribution in [1.29, 1.82) is 0 Å². The van der Waals surface area contributed by atoms with Crippen LogP contribution in [-0.4, -0.2) is 37.8 Å². The minimum Gasteiger partial charge on any atom is -0.493 e. The number of ether oxygens (including phenoxy) is 3. The van der Waals surface area contributed by atoms with Crippen LogP contribution in [0.15, 0.2) is 18.2 Å². The van der Waals surface area contributed by atoms with Crippen molar-refractivity contribution >= 4 is 17.6 Å². The van der Waals surface area contributed by atoms with Gasteiger partial charge in [0.05, 0.1) is 13.7 Å². The zero-order valence-electron chi connectivity index (χ0n) is 17.5. The van der Waals surface area contributed by atoms with Crippen LogP contribution in [0.1, 0.15) is 69.7 Å². The quantitative estimate of drug-likeness (QED) is 0.493. The van der Waals surface area contributed by atoms with E-state index in [4.69, 9.17) is 14.2 Å². The molecule has 2 rings (SSSR count). The van der Waals surface area contributed by atoms with Crippen LogP contribution in [0.4, 0.5) is 5.69 Å². The topological polar surface area (TPSA) is 73.9 Å². The summed E-state index contributed by atoms with van der Waals surface area (Å²) in [5.74, 6) is 0.418. The van der Waals surface area contributed by atoms with Crippen molar-refractivity contribution < 1.29 is 23.8 Å². The number of rotatable bonds is 9. The van der Waals surface area contributed by atoms with Crippen molar-refractivity contribution in [3.63, 3.8) is 0 Å². The van der Waals surface area contributed by atoms with Gasteiger partial charge < -0.3 is 19.5 Å². The van der Waals surface area contributed by atoms with Crippen LogP contribution in [0.25, 0.3) is 0 Å². The number of esters is 1. The van der Waals surface area contributed by atoms with Crippen molar-refractivity contribution in [2.75, 3.05) is 25.6 Å². The fraction of sp³-hybridized carbons (Fsp3) is 0.636. The minimum atomic E-state index is -0.803.